The summed E-state index contributed by atoms with van der Waals surface area (Å²) in [4.78, 5) is 4.29. The molecule has 94 valence electrons. The van der Waals surface area contributed by atoms with E-state index in [1.165, 1.54) is 0 Å². The lowest BCUT2D eigenvalue weighted by molar-refractivity contribution is 0.343. The smallest absolute Gasteiger partial charge is 0.120 e. The quantitative estimate of drug-likeness (QED) is 0.543. The van der Waals surface area contributed by atoms with Crippen molar-refractivity contribution in [2.24, 2.45) is 0 Å². The van der Waals surface area contributed by atoms with E-state index in [0.717, 1.165) is 25.5 Å². The zero-order chi connectivity index (χ0) is 12.8. The van der Waals surface area contributed by atoms with Crippen molar-refractivity contribution in [2.75, 3.05) is 12.4 Å². The maximum atomic E-state index is 5.65. The molecule has 0 amide bonds. The molecule has 2 rings (SSSR count). The summed E-state index contributed by atoms with van der Waals surface area (Å²) in [6.07, 6.45) is 1.79. The molecule has 0 saturated heterocycles. The molecule has 2 aromatic rings. The number of aromatic nitrogens is 1. The van der Waals surface area contributed by atoms with Gasteiger partial charge in [0, 0.05) is 20.9 Å². The molecule has 0 fully saturated rings. The Labute approximate surface area is 127 Å². The highest BCUT2D eigenvalue weighted by molar-refractivity contribution is 9.10. The van der Waals surface area contributed by atoms with Crippen molar-refractivity contribution in [3.8, 4) is 5.75 Å². The summed E-state index contributed by atoms with van der Waals surface area (Å²) in [6.45, 7) is 0.657. The molecule has 0 radical (unpaired) electrons. The molecule has 2 nitrogen and oxygen atoms in total. The predicted molar refractivity (Wildman–Crippen MR) is 82.3 cm³/mol. The standard InChI is InChI=1S/C13H11Br2NOS/c14-10-3-1-4-11(9-10)17-7-8-18-13-12(15)5-2-6-16-13/h1-6,9H,7-8H2. The topological polar surface area (TPSA) is 22.1 Å². The van der Waals surface area contributed by atoms with Gasteiger partial charge in [-0.1, -0.05) is 22.0 Å². The number of ether oxygens (including phenoxy) is 1. The fourth-order valence-corrected chi connectivity index (χ4v) is 3.01. The lowest BCUT2D eigenvalue weighted by Crippen LogP contribution is -2.00. The van der Waals surface area contributed by atoms with E-state index in [1.807, 2.05) is 36.4 Å². The average molecular weight is 389 g/mol. The Morgan fingerprint density at radius 1 is 1.17 bits per heavy atom. The number of hydrogen-bond acceptors (Lipinski definition) is 3. The van der Waals surface area contributed by atoms with Crippen molar-refractivity contribution in [1.82, 2.24) is 4.98 Å². The lowest BCUT2D eigenvalue weighted by atomic mass is 10.3. The van der Waals surface area contributed by atoms with E-state index in [2.05, 4.69) is 36.8 Å². The van der Waals surface area contributed by atoms with Crippen molar-refractivity contribution >= 4 is 43.6 Å². The van der Waals surface area contributed by atoms with Crippen molar-refractivity contribution < 1.29 is 4.74 Å². The number of thioether (sulfide) groups is 1. The van der Waals surface area contributed by atoms with Crippen LogP contribution in [0.1, 0.15) is 0 Å². The molecule has 0 spiro atoms. The Bertz CT molecular complexity index is 522. The maximum Gasteiger partial charge on any atom is 0.120 e. The molecule has 0 aliphatic rings. The summed E-state index contributed by atoms with van der Waals surface area (Å²) in [5.74, 6) is 1.74. The highest BCUT2D eigenvalue weighted by Gasteiger charge is 2.01. The Morgan fingerprint density at radius 3 is 2.83 bits per heavy atom. The largest absolute Gasteiger partial charge is 0.493 e. The minimum Gasteiger partial charge on any atom is -0.493 e. The molecule has 0 bridgehead atoms. The van der Waals surface area contributed by atoms with Crippen molar-refractivity contribution in [3.63, 3.8) is 0 Å². The number of halogens is 2. The number of benzene rings is 1. The second-order valence-corrected chi connectivity index (χ2v) is 6.30. The second kappa shape index (κ2) is 7.16. The molecular formula is C13H11Br2NOS. The molecule has 1 heterocycles. The number of rotatable bonds is 5. The van der Waals surface area contributed by atoms with Gasteiger partial charge in [0.05, 0.1) is 6.61 Å². The summed E-state index contributed by atoms with van der Waals surface area (Å²) in [7, 11) is 0. The lowest BCUT2D eigenvalue weighted by Gasteiger charge is -2.06. The van der Waals surface area contributed by atoms with Gasteiger partial charge in [-0.2, -0.15) is 0 Å². The van der Waals surface area contributed by atoms with Gasteiger partial charge in [0.25, 0.3) is 0 Å². The first-order valence-electron chi connectivity index (χ1n) is 5.37. The van der Waals surface area contributed by atoms with Crippen molar-refractivity contribution in [3.05, 3.63) is 51.5 Å². The number of nitrogens with zero attached hydrogens (tertiary/aromatic N) is 1. The maximum absolute atomic E-state index is 5.65. The molecule has 0 saturated carbocycles. The molecule has 0 N–H and O–H groups in total. The summed E-state index contributed by atoms with van der Waals surface area (Å²) in [5.41, 5.74) is 0. The van der Waals surface area contributed by atoms with Gasteiger partial charge in [-0.25, -0.2) is 4.98 Å². The van der Waals surface area contributed by atoms with Gasteiger partial charge in [-0.3, -0.25) is 0 Å². The van der Waals surface area contributed by atoms with Crippen LogP contribution >= 0.6 is 43.6 Å². The van der Waals surface area contributed by atoms with Crippen LogP contribution in [0.25, 0.3) is 0 Å². The van der Waals surface area contributed by atoms with Crippen LogP contribution in [0.3, 0.4) is 0 Å². The van der Waals surface area contributed by atoms with Crippen LogP contribution in [0.15, 0.2) is 56.6 Å². The molecular weight excluding hydrogens is 378 g/mol. The zero-order valence-electron chi connectivity index (χ0n) is 9.48. The summed E-state index contributed by atoms with van der Waals surface area (Å²) in [5, 5.41) is 0.996. The van der Waals surface area contributed by atoms with Gasteiger partial charge in [0.2, 0.25) is 0 Å². The average Bonchev–Trinajstić information content (AvgIpc) is 2.37. The van der Waals surface area contributed by atoms with E-state index in [4.69, 9.17) is 4.74 Å². The van der Waals surface area contributed by atoms with Crippen LogP contribution in [0.2, 0.25) is 0 Å². The molecule has 18 heavy (non-hydrogen) atoms. The van der Waals surface area contributed by atoms with Gasteiger partial charge < -0.3 is 4.74 Å². The molecule has 5 heteroatoms. The van der Waals surface area contributed by atoms with E-state index in [0.29, 0.717) is 6.61 Å². The first kappa shape index (κ1) is 13.9. The summed E-state index contributed by atoms with van der Waals surface area (Å²) < 4.78 is 7.71. The highest BCUT2D eigenvalue weighted by atomic mass is 79.9. The van der Waals surface area contributed by atoms with Crippen molar-refractivity contribution in [1.29, 1.82) is 0 Å². The summed E-state index contributed by atoms with van der Waals surface area (Å²) >= 11 is 8.56. The molecule has 0 aliphatic carbocycles. The van der Waals surface area contributed by atoms with E-state index < -0.39 is 0 Å². The molecule has 0 atom stereocenters. The minimum atomic E-state index is 0.657. The van der Waals surface area contributed by atoms with Crippen LogP contribution in [-0.2, 0) is 0 Å². The SMILES string of the molecule is Brc1cccc(OCCSc2ncccc2Br)c1. The summed E-state index contributed by atoms with van der Waals surface area (Å²) in [6, 6.07) is 11.7. The van der Waals surface area contributed by atoms with Crippen LogP contribution in [0.4, 0.5) is 0 Å². The number of pyridine rings is 1. The number of hydrogen-bond donors (Lipinski definition) is 0. The Morgan fingerprint density at radius 2 is 2.06 bits per heavy atom. The van der Waals surface area contributed by atoms with E-state index >= 15 is 0 Å². The highest BCUT2D eigenvalue weighted by Crippen LogP contribution is 2.24. The first-order chi connectivity index (χ1) is 8.75. The fourth-order valence-electron chi connectivity index (χ4n) is 1.33. The normalized spacial score (nSPS) is 10.3. The Kier molecular flexibility index (Phi) is 5.53. The Hall–Kier alpha value is -0.520. The first-order valence-corrected chi connectivity index (χ1v) is 7.94. The van der Waals surface area contributed by atoms with E-state index in [1.54, 1.807) is 18.0 Å². The van der Waals surface area contributed by atoms with Crippen LogP contribution in [-0.4, -0.2) is 17.3 Å². The van der Waals surface area contributed by atoms with Crippen molar-refractivity contribution in [2.45, 2.75) is 5.03 Å². The van der Waals surface area contributed by atoms with E-state index in [-0.39, 0.29) is 0 Å². The van der Waals surface area contributed by atoms with Gasteiger partial charge in [-0.15, -0.1) is 11.8 Å². The van der Waals surface area contributed by atoms with Crippen LogP contribution < -0.4 is 4.74 Å². The molecule has 1 aromatic carbocycles. The minimum absolute atomic E-state index is 0.657. The predicted octanol–water partition coefficient (Wildman–Crippen LogP) is 4.78. The molecule has 0 aliphatic heterocycles. The third-order valence-corrected chi connectivity index (χ3v) is 4.48. The third-order valence-electron chi connectivity index (χ3n) is 2.11. The fraction of sp³-hybridized carbons (Fsp3) is 0.154. The van der Waals surface area contributed by atoms with Crippen LogP contribution in [0.5, 0.6) is 5.75 Å². The van der Waals surface area contributed by atoms with Gasteiger partial charge in [0.1, 0.15) is 10.8 Å². The third kappa shape index (κ3) is 4.30. The molecule has 1 aromatic heterocycles. The van der Waals surface area contributed by atoms with Gasteiger partial charge >= 0.3 is 0 Å². The van der Waals surface area contributed by atoms with Gasteiger partial charge in [0.15, 0.2) is 0 Å². The second-order valence-electron chi connectivity index (χ2n) is 3.44. The van der Waals surface area contributed by atoms with Crippen LogP contribution in [0, 0.1) is 0 Å². The zero-order valence-corrected chi connectivity index (χ0v) is 13.5. The van der Waals surface area contributed by atoms with E-state index in [9.17, 15) is 0 Å². The Balaban J connectivity index is 1.78. The molecule has 0 unspecified atom stereocenters. The monoisotopic (exact) mass is 387 g/mol. The van der Waals surface area contributed by atoms with Gasteiger partial charge in [-0.05, 0) is 46.3 Å².